The van der Waals surface area contributed by atoms with E-state index in [1.165, 1.54) is 0 Å². The Morgan fingerprint density at radius 1 is 1.20 bits per heavy atom. The monoisotopic (exact) mass is 280 g/mol. The van der Waals surface area contributed by atoms with Gasteiger partial charge in [-0.1, -0.05) is 0 Å². The van der Waals surface area contributed by atoms with Crippen molar-refractivity contribution >= 4 is 17.0 Å². The molecule has 3 N–H and O–H groups in total. The molecule has 0 atom stereocenters. The summed E-state index contributed by atoms with van der Waals surface area (Å²) in [6.45, 7) is 0.536. The molecule has 1 heterocycles. The number of aliphatic hydroxyl groups excluding tert-OH is 2. The van der Waals surface area contributed by atoms with E-state index in [1.807, 2.05) is 0 Å². The van der Waals surface area contributed by atoms with Crippen molar-refractivity contribution in [1.82, 2.24) is 20.3 Å². The van der Waals surface area contributed by atoms with Crippen molar-refractivity contribution in [1.29, 1.82) is 0 Å². The van der Waals surface area contributed by atoms with Crippen LogP contribution in [0.5, 0.6) is 0 Å². The molecule has 0 fully saturated rings. The fourth-order valence-corrected chi connectivity index (χ4v) is 1.72. The van der Waals surface area contributed by atoms with Gasteiger partial charge in [0.25, 0.3) is 0 Å². The number of H-pyrrole nitrogens is 1. The van der Waals surface area contributed by atoms with Gasteiger partial charge in [-0.2, -0.15) is 15.4 Å². The Hall–Kier alpha value is -2.03. The average molecular weight is 280 g/mol. The molecule has 0 aliphatic carbocycles. The molecule has 0 aliphatic rings. The Kier molecular flexibility index (Phi) is 4.99. The molecule has 8 nitrogen and oxygen atoms in total. The third-order valence-electron chi connectivity index (χ3n) is 2.76. The van der Waals surface area contributed by atoms with E-state index < -0.39 is 5.97 Å². The van der Waals surface area contributed by atoms with E-state index in [0.29, 0.717) is 29.7 Å². The number of carbonyl (C=O) groups is 1. The van der Waals surface area contributed by atoms with Gasteiger partial charge in [-0.3, -0.25) is 4.90 Å². The van der Waals surface area contributed by atoms with E-state index in [1.54, 1.807) is 23.1 Å². The normalized spacial score (nSPS) is 11.2. The zero-order chi connectivity index (χ0) is 14.4. The molecule has 0 saturated heterocycles. The quantitative estimate of drug-likeness (QED) is 0.457. The van der Waals surface area contributed by atoms with E-state index in [4.69, 9.17) is 14.9 Å². The lowest BCUT2D eigenvalue weighted by molar-refractivity contribution is 0.0135. The second kappa shape index (κ2) is 6.94. The lowest BCUT2D eigenvalue weighted by Gasteiger charge is -2.19. The van der Waals surface area contributed by atoms with Gasteiger partial charge in [0.2, 0.25) is 0 Å². The predicted molar refractivity (Wildman–Crippen MR) is 69.9 cm³/mol. The van der Waals surface area contributed by atoms with E-state index in [0.717, 1.165) is 0 Å². The second-order valence-corrected chi connectivity index (χ2v) is 4.15. The number of carbonyl (C=O) groups excluding carboxylic acids is 1. The lowest BCUT2D eigenvalue weighted by atomic mass is 10.2. The van der Waals surface area contributed by atoms with Crippen molar-refractivity contribution in [2.45, 2.75) is 0 Å². The van der Waals surface area contributed by atoms with E-state index in [9.17, 15) is 4.79 Å². The maximum atomic E-state index is 11.9. The van der Waals surface area contributed by atoms with Gasteiger partial charge in [0, 0.05) is 13.1 Å². The zero-order valence-corrected chi connectivity index (χ0v) is 10.8. The Labute approximate surface area is 115 Å². The van der Waals surface area contributed by atoms with Crippen molar-refractivity contribution in [3.63, 3.8) is 0 Å². The van der Waals surface area contributed by atoms with Crippen LogP contribution in [0.1, 0.15) is 10.4 Å². The second-order valence-electron chi connectivity index (χ2n) is 4.15. The minimum atomic E-state index is -0.490. The Balaban J connectivity index is 1.96. The van der Waals surface area contributed by atoms with Crippen LogP contribution in [0.25, 0.3) is 11.0 Å². The first kappa shape index (κ1) is 14.4. The number of nitrogens with zero attached hydrogens (tertiary/aromatic N) is 3. The minimum Gasteiger partial charge on any atom is -0.446 e. The van der Waals surface area contributed by atoms with Crippen LogP contribution in [0.2, 0.25) is 0 Å². The van der Waals surface area contributed by atoms with Crippen molar-refractivity contribution < 1.29 is 19.7 Å². The van der Waals surface area contributed by atoms with Crippen LogP contribution >= 0.6 is 0 Å². The van der Waals surface area contributed by atoms with Crippen molar-refractivity contribution in [3.8, 4) is 0 Å². The standard InChI is InChI=1S/C12H16N4O4/c17-5-3-16(4-6-18)8-20-12(19)9-1-2-10-11(7-9)14-15-13-10/h1-2,7,17-18H,3-6,8H2,(H,13,14,15). The maximum absolute atomic E-state index is 11.9. The molecule has 1 aromatic carbocycles. The van der Waals surface area contributed by atoms with Crippen molar-refractivity contribution in [3.05, 3.63) is 23.8 Å². The number of aromatic amines is 1. The summed E-state index contributed by atoms with van der Waals surface area (Å²) in [5, 5.41) is 28.0. The molecule has 0 spiro atoms. The van der Waals surface area contributed by atoms with Crippen LogP contribution in [0.4, 0.5) is 0 Å². The summed E-state index contributed by atoms with van der Waals surface area (Å²) < 4.78 is 5.13. The fraction of sp³-hybridized carbons (Fsp3) is 0.417. The number of ether oxygens (including phenoxy) is 1. The molecule has 0 saturated carbocycles. The third-order valence-corrected chi connectivity index (χ3v) is 2.76. The fourth-order valence-electron chi connectivity index (χ4n) is 1.72. The third kappa shape index (κ3) is 3.50. The average Bonchev–Trinajstić information content (AvgIpc) is 2.92. The number of rotatable bonds is 7. The largest absolute Gasteiger partial charge is 0.446 e. The summed E-state index contributed by atoms with van der Waals surface area (Å²) in [4.78, 5) is 13.5. The van der Waals surface area contributed by atoms with Gasteiger partial charge in [-0.05, 0) is 18.2 Å². The van der Waals surface area contributed by atoms with Gasteiger partial charge in [0.15, 0.2) is 0 Å². The minimum absolute atomic E-state index is 0.0107. The Bertz CT molecular complexity index is 565. The van der Waals surface area contributed by atoms with Crippen molar-refractivity contribution in [2.75, 3.05) is 33.0 Å². The van der Waals surface area contributed by atoms with Crippen LogP contribution in [0.15, 0.2) is 18.2 Å². The highest BCUT2D eigenvalue weighted by atomic mass is 16.5. The molecule has 108 valence electrons. The molecule has 0 radical (unpaired) electrons. The number of fused-ring (bicyclic) bond motifs is 1. The molecular formula is C12H16N4O4. The molecular weight excluding hydrogens is 264 g/mol. The van der Waals surface area contributed by atoms with Gasteiger partial charge in [0.1, 0.15) is 17.8 Å². The predicted octanol–water partition coefficient (Wildman–Crippen LogP) is -0.641. The number of nitrogens with one attached hydrogen (secondary N) is 1. The summed E-state index contributed by atoms with van der Waals surface area (Å²) >= 11 is 0. The van der Waals surface area contributed by atoms with E-state index in [-0.39, 0.29) is 19.9 Å². The maximum Gasteiger partial charge on any atom is 0.339 e. The molecule has 0 amide bonds. The van der Waals surface area contributed by atoms with Gasteiger partial charge >= 0.3 is 5.97 Å². The lowest BCUT2D eigenvalue weighted by Crippen LogP contribution is -2.33. The highest BCUT2D eigenvalue weighted by Gasteiger charge is 2.12. The van der Waals surface area contributed by atoms with Gasteiger partial charge in [-0.15, -0.1) is 0 Å². The number of benzene rings is 1. The SMILES string of the molecule is O=C(OCN(CCO)CCO)c1ccc2n[nH]nc2c1. The van der Waals surface area contributed by atoms with Crippen LogP contribution in [-0.2, 0) is 4.74 Å². The first-order valence-electron chi connectivity index (χ1n) is 6.16. The smallest absolute Gasteiger partial charge is 0.339 e. The molecule has 0 aliphatic heterocycles. The van der Waals surface area contributed by atoms with E-state index >= 15 is 0 Å². The molecule has 0 unspecified atom stereocenters. The number of aliphatic hydroxyl groups is 2. The van der Waals surface area contributed by atoms with Gasteiger partial charge in [0.05, 0.1) is 18.8 Å². The first-order chi connectivity index (χ1) is 9.74. The molecule has 2 rings (SSSR count). The van der Waals surface area contributed by atoms with E-state index in [2.05, 4.69) is 15.4 Å². The van der Waals surface area contributed by atoms with Gasteiger partial charge in [-0.25, -0.2) is 4.79 Å². The number of hydrogen-bond acceptors (Lipinski definition) is 7. The summed E-state index contributed by atoms with van der Waals surface area (Å²) in [7, 11) is 0. The summed E-state index contributed by atoms with van der Waals surface area (Å²) in [6.07, 6.45) is 0. The molecule has 2 aromatic rings. The summed E-state index contributed by atoms with van der Waals surface area (Å²) in [5.41, 5.74) is 1.63. The molecule has 8 heteroatoms. The van der Waals surface area contributed by atoms with Crippen LogP contribution in [-0.4, -0.2) is 69.5 Å². The molecule has 20 heavy (non-hydrogen) atoms. The summed E-state index contributed by atoms with van der Waals surface area (Å²) in [6, 6.07) is 4.87. The van der Waals surface area contributed by atoms with Crippen LogP contribution in [0, 0.1) is 0 Å². The first-order valence-corrected chi connectivity index (χ1v) is 6.16. The van der Waals surface area contributed by atoms with Crippen LogP contribution < -0.4 is 0 Å². The van der Waals surface area contributed by atoms with Gasteiger partial charge < -0.3 is 14.9 Å². The Morgan fingerprint density at radius 2 is 1.90 bits per heavy atom. The number of hydrogen-bond donors (Lipinski definition) is 3. The summed E-state index contributed by atoms with van der Waals surface area (Å²) in [5.74, 6) is -0.490. The Morgan fingerprint density at radius 3 is 2.60 bits per heavy atom. The van der Waals surface area contributed by atoms with Crippen molar-refractivity contribution in [2.24, 2.45) is 0 Å². The highest BCUT2D eigenvalue weighted by molar-refractivity contribution is 5.93. The van der Waals surface area contributed by atoms with Crippen LogP contribution in [0.3, 0.4) is 0 Å². The number of aromatic nitrogens is 3. The molecule has 1 aromatic heterocycles. The number of esters is 1. The zero-order valence-electron chi connectivity index (χ0n) is 10.8. The molecule has 0 bridgehead atoms. The topological polar surface area (TPSA) is 112 Å². The highest BCUT2D eigenvalue weighted by Crippen LogP contribution is 2.11.